The molecule has 2 aromatic carbocycles. The molecule has 2 rings (SSSR count). The highest BCUT2D eigenvalue weighted by Gasteiger charge is 2.08. The van der Waals surface area contributed by atoms with Gasteiger partial charge in [-0.3, -0.25) is 0 Å². The molecule has 0 N–H and O–H groups in total. The van der Waals surface area contributed by atoms with Crippen LogP contribution in [0.25, 0.3) is 0 Å². The predicted octanol–water partition coefficient (Wildman–Crippen LogP) is 6.53. The van der Waals surface area contributed by atoms with Crippen molar-refractivity contribution in [3.8, 4) is 11.5 Å². The predicted molar refractivity (Wildman–Crippen MR) is 131 cm³/mol. The standard InChI is InChI=1S/C26H34ClNO4/c1-5-6-15-31-24-17-20(2)26(21(3)18-24)32-16-9-7-8-14-30-19-25(28-29-4)22-10-12-23(27)13-11-22/h5-6,10-13,17-18H,7-9,14-16,19H2,1-4H3/b6-5+,28-25-. The molecular weight excluding hydrogens is 426 g/mol. The Balaban J connectivity index is 1.66. The van der Waals surface area contributed by atoms with E-state index < -0.39 is 0 Å². The smallest absolute Gasteiger partial charge is 0.125 e. The molecule has 0 saturated heterocycles. The fraction of sp³-hybridized carbons (Fsp3) is 0.423. The largest absolute Gasteiger partial charge is 0.493 e. The van der Waals surface area contributed by atoms with E-state index in [0.717, 1.165) is 53.2 Å². The highest BCUT2D eigenvalue weighted by atomic mass is 35.5. The van der Waals surface area contributed by atoms with Crippen molar-refractivity contribution in [2.75, 3.05) is 33.5 Å². The van der Waals surface area contributed by atoms with Gasteiger partial charge in [0.25, 0.3) is 0 Å². The first-order valence-corrected chi connectivity index (χ1v) is 11.3. The van der Waals surface area contributed by atoms with Crippen LogP contribution in [0.2, 0.25) is 5.02 Å². The second-order valence-corrected chi connectivity index (χ2v) is 7.89. The Labute approximate surface area is 197 Å². The lowest BCUT2D eigenvalue weighted by molar-refractivity contribution is 0.157. The van der Waals surface area contributed by atoms with Crippen molar-refractivity contribution in [2.24, 2.45) is 5.16 Å². The zero-order valence-corrected chi connectivity index (χ0v) is 20.3. The van der Waals surface area contributed by atoms with E-state index in [0.29, 0.717) is 31.5 Å². The Kier molecular flexibility index (Phi) is 11.7. The van der Waals surface area contributed by atoms with Gasteiger partial charge in [0.2, 0.25) is 0 Å². The first-order chi connectivity index (χ1) is 15.5. The van der Waals surface area contributed by atoms with Gasteiger partial charge in [-0.2, -0.15) is 0 Å². The zero-order chi connectivity index (χ0) is 23.2. The third kappa shape index (κ3) is 8.93. The molecule has 0 aliphatic carbocycles. The SMILES string of the molecule is C/C=C/COc1cc(C)c(OCCCCCOC/C(=N/OC)c2ccc(Cl)cc2)c(C)c1. The second-order valence-electron chi connectivity index (χ2n) is 7.46. The number of ether oxygens (including phenoxy) is 3. The maximum absolute atomic E-state index is 6.04. The van der Waals surface area contributed by atoms with E-state index in [2.05, 4.69) is 19.0 Å². The normalized spacial score (nSPS) is 11.7. The second kappa shape index (κ2) is 14.5. The Bertz CT molecular complexity index is 855. The monoisotopic (exact) mass is 459 g/mol. The lowest BCUT2D eigenvalue weighted by Gasteiger charge is -2.14. The molecule has 0 radical (unpaired) electrons. The molecule has 174 valence electrons. The number of hydrogen-bond donors (Lipinski definition) is 0. The first-order valence-electron chi connectivity index (χ1n) is 11.0. The zero-order valence-electron chi connectivity index (χ0n) is 19.5. The summed E-state index contributed by atoms with van der Waals surface area (Å²) in [6.07, 6.45) is 6.92. The summed E-state index contributed by atoms with van der Waals surface area (Å²) in [7, 11) is 1.53. The lowest BCUT2D eigenvalue weighted by atomic mass is 10.1. The Morgan fingerprint density at radius 3 is 2.31 bits per heavy atom. The van der Waals surface area contributed by atoms with E-state index >= 15 is 0 Å². The van der Waals surface area contributed by atoms with Crippen molar-refractivity contribution in [3.63, 3.8) is 0 Å². The number of benzene rings is 2. The highest BCUT2D eigenvalue weighted by molar-refractivity contribution is 6.30. The molecule has 0 aliphatic rings. The number of hydrogen-bond acceptors (Lipinski definition) is 5. The van der Waals surface area contributed by atoms with Crippen LogP contribution < -0.4 is 9.47 Å². The summed E-state index contributed by atoms with van der Waals surface area (Å²) in [5.41, 5.74) is 3.87. The van der Waals surface area contributed by atoms with Crippen LogP contribution in [0.1, 0.15) is 42.9 Å². The van der Waals surface area contributed by atoms with Crippen LogP contribution in [-0.4, -0.2) is 39.2 Å². The van der Waals surface area contributed by atoms with Gasteiger partial charge in [-0.25, -0.2) is 0 Å². The minimum atomic E-state index is 0.396. The summed E-state index contributed by atoms with van der Waals surface area (Å²) >= 11 is 5.95. The number of oxime groups is 1. The maximum atomic E-state index is 6.04. The molecular formula is C26H34ClNO4. The molecule has 0 amide bonds. The number of unbranched alkanes of at least 4 members (excludes halogenated alkanes) is 2. The van der Waals surface area contributed by atoms with Crippen molar-refractivity contribution in [1.29, 1.82) is 0 Å². The number of nitrogens with zero attached hydrogens (tertiary/aromatic N) is 1. The van der Waals surface area contributed by atoms with Gasteiger partial charge in [0, 0.05) is 17.2 Å². The molecule has 0 aromatic heterocycles. The van der Waals surface area contributed by atoms with E-state index in [9.17, 15) is 0 Å². The summed E-state index contributed by atoms with van der Waals surface area (Å²) in [5, 5.41) is 4.75. The van der Waals surface area contributed by atoms with Crippen LogP contribution >= 0.6 is 11.6 Å². The minimum Gasteiger partial charge on any atom is -0.493 e. The van der Waals surface area contributed by atoms with Crippen molar-refractivity contribution >= 4 is 17.3 Å². The van der Waals surface area contributed by atoms with Crippen molar-refractivity contribution < 1.29 is 19.0 Å². The van der Waals surface area contributed by atoms with Gasteiger partial charge in [0.1, 0.15) is 30.9 Å². The molecule has 0 heterocycles. The van der Waals surface area contributed by atoms with Crippen LogP contribution in [0.3, 0.4) is 0 Å². The fourth-order valence-corrected chi connectivity index (χ4v) is 3.33. The summed E-state index contributed by atoms with van der Waals surface area (Å²) in [6.45, 7) is 8.41. The molecule has 0 unspecified atom stereocenters. The molecule has 0 spiro atoms. The van der Waals surface area contributed by atoms with E-state index in [-0.39, 0.29) is 0 Å². The fourth-order valence-electron chi connectivity index (χ4n) is 3.20. The van der Waals surface area contributed by atoms with Gasteiger partial charge in [-0.15, -0.1) is 0 Å². The third-order valence-electron chi connectivity index (χ3n) is 4.81. The van der Waals surface area contributed by atoms with E-state index in [1.165, 1.54) is 7.11 Å². The Morgan fingerprint density at radius 2 is 1.66 bits per heavy atom. The third-order valence-corrected chi connectivity index (χ3v) is 5.06. The van der Waals surface area contributed by atoms with Crippen LogP contribution in [0.15, 0.2) is 53.7 Å². The number of halogens is 1. The number of rotatable bonds is 14. The average molecular weight is 460 g/mol. The van der Waals surface area contributed by atoms with Gasteiger partial charge < -0.3 is 19.0 Å². The molecule has 0 atom stereocenters. The average Bonchev–Trinajstić information content (AvgIpc) is 2.77. The molecule has 2 aromatic rings. The minimum absolute atomic E-state index is 0.396. The Hall–Kier alpha value is -2.50. The summed E-state index contributed by atoms with van der Waals surface area (Å²) < 4.78 is 17.6. The molecule has 6 heteroatoms. The number of allylic oxidation sites excluding steroid dienone is 1. The van der Waals surface area contributed by atoms with Crippen LogP contribution in [-0.2, 0) is 9.57 Å². The highest BCUT2D eigenvalue weighted by Crippen LogP contribution is 2.28. The van der Waals surface area contributed by atoms with E-state index in [1.807, 2.05) is 55.5 Å². The maximum Gasteiger partial charge on any atom is 0.125 e. The van der Waals surface area contributed by atoms with E-state index in [4.69, 9.17) is 30.6 Å². The van der Waals surface area contributed by atoms with E-state index in [1.54, 1.807) is 0 Å². The van der Waals surface area contributed by atoms with Crippen molar-refractivity contribution in [2.45, 2.75) is 40.0 Å². The van der Waals surface area contributed by atoms with Gasteiger partial charge >= 0.3 is 0 Å². The van der Waals surface area contributed by atoms with Crippen molar-refractivity contribution in [1.82, 2.24) is 0 Å². The molecule has 5 nitrogen and oxygen atoms in total. The molecule has 32 heavy (non-hydrogen) atoms. The molecule has 0 fully saturated rings. The summed E-state index contributed by atoms with van der Waals surface area (Å²) in [5.74, 6) is 1.82. The topological polar surface area (TPSA) is 49.3 Å². The number of aryl methyl sites for hydroxylation is 2. The van der Waals surface area contributed by atoms with Crippen LogP contribution in [0.5, 0.6) is 11.5 Å². The van der Waals surface area contributed by atoms with Gasteiger partial charge in [0.05, 0.1) is 13.2 Å². The van der Waals surface area contributed by atoms with Crippen LogP contribution in [0, 0.1) is 13.8 Å². The first kappa shape index (κ1) is 25.8. The Morgan fingerprint density at radius 1 is 0.969 bits per heavy atom. The lowest BCUT2D eigenvalue weighted by Crippen LogP contribution is -2.12. The van der Waals surface area contributed by atoms with Crippen LogP contribution in [0.4, 0.5) is 0 Å². The van der Waals surface area contributed by atoms with Crippen molar-refractivity contribution in [3.05, 3.63) is 70.3 Å². The summed E-state index contributed by atoms with van der Waals surface area (Å²) in [6, 6.07) is 11.5. The molecule has 0 bridgehead atoms. The molecule has 0 aliphatic heterocycles. The van der Waals surface area contributed by atoms with Gasteiger partial charge in [-0.05, 0) is 75.4 Å². The molecule has 0 saturated carbocycles. The van der Waals surface area contributed by atoms with Gasteiger partial charge in [-0.1, -0.05) is 41.0 Å². The quantitative estimate of drug-likeness (QED) is 0.139. The summed E-state index contributed by atoms with van der Waals surface area (Å²) in [4.78, 5) is 4.94. The van der Waals surface area contributed by atoms with Gasteiger partial charge in [0.15, 0.2) is 0 Å².